The van der Waals surface area contributed by atoms with Gasteiger partial charge in [-0.15, -0.1) is 0 Å². The summed E-state index contributed by atoms with van der Waals surface area (Å²) in [4.78, 5) is 13.8. The van der Waals surface area contributed by atoms with Gasteiger partial charge in [0.1, 0.15) is 5.75 Å². The number of carbonyl (C=O) groups excluding carboxylic acids is 1. The molecule has 0 spiro atoms. The van der Waals surface area contributed by atoms with E-state index in [0.29, 0.717) is 11.3 Å². The van der Waals surface area contributed by atoms with Gasteiger partial charge in [0.2, 0.25) is 0 Å². The Morgan fingerprint density at radius 3 is 2.87 bits per heavy atom. The van der Waals surface area contributed by atoms with E-state index in [1.165, 1.54) is 14.0 Å². The van der Waals surface area contributed by atoms with Gasteiger partial charge < -0.3 is 4.74 Å². The van der Waals surface area contributed by atoms with Gasteiger partial charge in [0.15, 0.2) is 5.78 Å². The van der Waals surface area contributed by atoms with Crippen LogP contribution in [0.4, 0.5) is 0 Å². The van der Waals surface area contributed by atoms with E-state index in [-0.39, 0.29) is 12.3 Å². The summed E-state index contributed by atoms with van der Waals surface area (Å²) in [5.41, 5.74) is 9.51. The van der Waals surface area contributed by atoms with Crippen molar-refractivity contribution in [1.82, 2.24) is 0 Å². The zero-order valence-corrected chi connectivity index (χ0v) is 8.60. The number of nitrogens with zero attached hydrogens (tertiary/aromatic N) is 3. The van der Waals surface area contributed by atoms with Crippen LogP contribution in [0.2, 0.25) is 0 Å². The third-order valence-corrected chi connectivity index (χ3v) is 1.96. The van der Waals surface area contributed by atoms with E-state index in [4.69, 9.17) is 10.3 Å². The average molecular weight is 205 g/mol. The van der Waals surface area contributed by atoms with Gasteiger partial charge in [-0.2, -0.15) is 0 Å². The molecule has 0 saturated heterocycles. The predicted molar refractivity (Wildman–Crippen MR) is 55.8 cm³/mol. The predicted octanol–water partition coefficient (Wildman–Crippen LogP) is 2.71. The standard InChI is InChI=1S/C10H11N3O2/c1-7(14)9-4-3-8(6-12-13-11)5-10(9)15-2/h3-5H,6H2,1-2H3. The van der Waals surface area contributed by atoms with Crippen LogP contribution in [-0.2, 0) is 6.54 Å². The van der Waals surface area contributed by atoms with Gasteiger partial charge in [-0.25, -0.2) is 0 Å². The first kappa shape index (κ1) is 11.1. The molecular weight excluding hydrogens is 194 g/mol. The number of ether oxygens (including phenoxy) is 1. The summed E-state index contributed by atoms with van der Waals surface area (Å²) in [5, 5.41) is 3.43. The van der Waals surface area contributed by atoms with Crippen molar-refractivity contribution < 1.29 is 9.53 Å². The molecule has 78 valence electrons. The van der Waals surface area contributed by atoms with E-state index < -0.39 is 0 Å². The summed E-state index contributed by atoms with van der Waals surface area (Å²) >= 11 is 0. The van der Waals surface area contributed by atoms with Crippen molar-refractivity contribution in [3.8, 4) is 5.75 Å². The topological polar surface area (TPSA) is 75.1 Å². The Morgan fingerprint density at radius 1 is 1.60 bits per heavy atom. The number of hydrogen-bond acceptors (Lipinski definition) is 3. The lowest BCUT2D eigenvalue weighted by molar-refractivity contribution is 0.101. The van der Waals surface area contributed by atoms with Crippen molar-refractivity contribution in [2.45, 2.75) is 13.5 Å². The van der Waals surface area contributed by atoms with Crippen molar-refractivity contribution in [3.05, 3.63) is 39.8 Å². The molecule has 5 heteroatoms. The third kappa shape index (κ3) is 2.72. The van der Waals surface area contributed by atoms with Gasteiger partial charge in [-0.1, -0.05) is 11.2 Å². The van der Waals surface area contributed by atoms with Crippen LogP contribution in [0.5, 0.6) is 5.75 Å². The van der Waals surface area contributed by atoms with Crippen LogP contribution in [0.1, 0.15) is 22.8 Å². The summed E-state index contributed by atoms with van der Waals surface area (Å²) in [5.74, 6) is 0.454. The fourth-order valence-corrected chi connectivity index (χ4v) is 1.24. The number of benzene rings is 1. The molecule has 0 aliphatic heterocycles. The summed E-state index contributed by atoms with van der Waals surface area (Å²) in [6.45, 7) is 1.73. The fraction of sp³-hybridized carbons (Fsp3) is 0.300. The highest BCUT2D eigenvalue weighted by molar-refractivity contribution is 5.96. The molecule has 0 N–H and O–H groups in total. The third-order valence-electron chi connectivity index (χ3n) is 1.96. The average Bonchev–Trinajstić information content (AvgIpc) is 2.25. The molecular formula is C10H11N3O2. The van der Waals surface area contributed by atoms with E-state index in [2.05, 4.69) is 10.0 Å². The van der Waals surface area contributed by atoms with Crippen molar-refractivity contribution in [2.24, 2.45) is 5.11 Å². The molecule has 0 atom stereocenters. The van der Waals surface area contributed by atoms with Crippen molar-refractivity contribution >= 4 is 5.78 Å². The lowest BCUT2D eigenvalue weighted by Gasteiger charge is -2.06. The Bertz CT molecular complexity index is 423. The highest BCUT2D eigenvalue weighted by Gasteiger charge is 2.07. The van der Waals surface area contributed by atoms with Crippen molar-refractivity contribution in [3.63, 3.8) is 0 Å². The Balaban J connectivity index is 3.07. The van der Waals surface area contributed by atoms with Gasteiger partial charge in [0.05, 0.1) is 19.2 Å². The molecule has 1 aromatic carbocycles. The normalized spacial score (nSPS) is 9.20. The van der Waals surface area contributed by atoms with E-state index in [1.54, 1.807) is 18.2 Å². The second-order valence-corrected chi connectivity index (χ2v) is 2.98. The van der Waals surface area contributed by atoms with Gasteiger partial charge in [-0.05, 0) is 30.2 Å². The monoisotopic (exact) mass is 205 g/mol. The molecule has 0 unspecified atom stereocenters. The van der Waals surface area contributed by atoms with E-state index >= 15 is 0 Å². The first-order valence-corrected chi connectivity index (χ1v) is 4.37. The number of Topliss-reactive ketones (excluding diaryl/α,β-unsaturated/α-hetero) is 1. The molecule has 0 aliphatic carbocycles. The van der Waals surface area contributed by atoms with Crippen LogP contribution in [0.15, 0.2) is 23.3 Å². The van der Waals surface area contributed by atoms with Gasteiger partial charge in [-0.3, -0.25) is 4.79 Å². The zero-order valence-electron chi connectivity index (χ0n) is 8.60. The van der Waals surface area contributed by atoms with E-state index in [1.807, 2.05) is 0 Å². The van der Waals surface area contributed by atoms with Gasteiger partial charge in [0.25, 0.3) is 0 Å². The number of carbonyl (C=O) groups is 1. The zero-order chi connectivity index (χ0) is 11.3. The maximum absolute atomic E-state index is 11.2. The van der Waals surface area contributed by atoms with Crippen LogP contribution in [0.3, 0.4) is 0 Å². The maximum Gasteiger partial charge on any atom is 0.163 e. The summed E-state index contributed by atoms with van der Waals surface area (Å²) in [6.07, 6.45) is 0. The smallest absolute Gasteiger partial charge is 0.163 e. The molecule has 0 amide bonds. The lowest BCUT2D eigenvalue weighted by atomic mass is 10.1. The molecule has 1 aromatic rings. The second-order valence-electron chi connectivity index (χ2n) is 2.98. The van der Waals surface area contributed by atoms with Crippen molar-refractivity contribution in [1.29, 1.82) is 0 Å². The number of ketones is 1. The minimum absolute atomic E-state index is 0.0535. The second kappa shape index (κ2) is 5.02. The molecule has 5 nitrogen and oxygen atoms in total. The Kier molecular flexibility index (Phi) is 3.71. The van der Waals surface area contributed by atoms with E-state index in [0.717, 1.165) is 5.56 Å². The molecule has 0 saturated carbocycles. The summed E-state index contributed by atoms with van der Waals surface area (Å²) in [7, 11) is 1.50. The first-order valence-electron chi connectivity index (χ1n) is 4.37. The molecule has 0 heterocycles. The van der Waals surface area contributed by atoms with E-state index in [9.17, 15) is 4.79 Å². The number of methoxy groups -OCH3 is 1. The van der Waals surface area contributed by atoms with Crippen LogP contribution < -0.4 is 4.74 Å². The minimum Gasteiger partial charge on any atom is -0.496 e. The highest BCUT2D eigenvalue weighted by atomic mass is 16.5. The Labute approximate surface area is 87.3 Å². The molecule has 0 radical (unpaired) electrons. The first-order chi connectivity index (χ1) is 7.19. The SMILES string of the molecule is COc1cc(CN=[N+]=[N-])ccc1C(C)=O. The summed E-state index contributed by atoms with van der Waals surface area (Å²) in [6, 6.07) is 5.11. The number of azide groups is 1. The van der Waals surface area contributed by atoms with Gasteiger partial charge >= 0.3 is 0 Å². The Morgan fingerprint density at radius 2 is 2.33 bits per heavy atom. The quantitative estimate of drug-likeness (QED) is 0.328. The summed E-state index contributed by atoms with van der Waals surface area (Å²) < 4.78 is 5.07. The Hall–Kier alpha value is -2.00. The highest BCUT2D eigenvalue weighted by Crippen LogP contribution is 2.21. The molecule has 0 bridgehead atoms. The lowest BCUT2D eigenvalue weighted by Crippen LogP contribution is -1.98. The molecule has 15 heavy (non-hydrogen) atoms. The van der Waals surface area contributed by atoms with Crippen LogP contribution >= 0.6 is 0 Å². The minimum atomic E-state index is -0.0535. The largest absolute Gasteiger partial charge is 0.496 e. The van der Waals surface area contributed by atoms with Gasteiger partial charge in [0, 0.05) is 4.91 Å². The molecule has 0 aliphatic rings. The number of rotatable bonds is 4. The van der Waals surface area contributed by atoms with Crippen LogP contribution in [-0.4, -0.2) is 12.9 Å². The molecule has 0 aromatic heterocycles. The van der Waals surface area contributed by atoms with Crippen molar-refractivity contribution in [2.75, 3.05) is 7.11 Å². The maximum atomic E-state index is 11.2. The molecule has 0 fully saturated rings. The van der Waals surface area contributed by atoms with Crippen LogP contribution in [0, 0.1) is 0 Å². The molecule has 1 rings (SSSR count). The number of hydrogen-bond donors (Lipinski definition) is 0. The fourth-order valence-electron chi connectivity index (χ4n) is 1.24. The van der Waals surface area contributed by atoms with Crippen LogP contribution in [0.25, 0.3) is 10.4 Å².